The lowest BCUT2D eigenvalue weighted by atomic mass is 10.1. The first kappa shape index (κ1) is 23.6. The Kier molecular flexibility index (Phi) is 9.34. The van der Waals surface area contributed by atoms with Gasteiger partial charge in [0, 0.05) is 18.0 Å². The molecule has 4 nitrogen and oxygen atoms in total. The van der Waals surface area contributed by atoms with Gasteiger partial charge in [0.15, 0.2) is 0 Å². The smallest absolute Gasteiger partial charge is 0.242 e. The van der Waals surface area contributed by atoms with Gasteiger partial charge in [-0.3, -0.25) is 9.59 Å². The molecular formula is C22H26Cl2N2O2S. The molecule has 7 heteroatoms. The molecule has 0 fully saturated rings. The van der Waals surface area contributed by atoms with Crippen molar-refractivity contribution in [3.8, 4) is 0 Å². The average molecular weight is 453 g/mol. The molecular weight excluding hydrogens is 427 g/mol. The third kappa shape index (κ3) is 7.25. The summed E-state index contributed by atoms with van der Waals surface area (Å²) in [7, 11) is 0. The molecule has 1 N–H and O–H groups in total. The predicted octanol–water partition coefficient (Wildman–Crippen LogP) is 5.34. The molecule has 0 aliphatic rings. The number of hydrogen-bond acceptors (Lipinski definition) is 3. The molecule has 2 aromatic carbocycles. The second-order valence-corrected chi connectivity index (χ2v) is 8.70. The van der Waals surface area contributed by atoms with Crippen LogP contribution in [0.3, 0.4) is 0 Å². The molecule has 0 aliphatic heterocycles. The molecule has 0 spiro atoms. The number of halogens is 2. The first-order valence-electron chi connectivity index (χ1n) is 9.52. The highest BCUT2D eigenvalue weighted by Gasteiger charge is 2.26. The van der Waals surface area contributed by atoms with Crippen LogP contribution >= 0.6 is 35.0 Å². The Morgan fingerprint density at radius 2 is 1.79 bits per heavy atom. The number of hydrogen-bond donors (Lipinski definition) is 1. The monoisotopic (exact) mass is 452 g/mol. The van der Waals surface area contributed by atoms with Crippen LogP contribution in [0.2, 0.25) is 10.0 Å². The van der Waals surface area contributed by atoms with Crippen LogP contribution in [-0.4, -0.2) is 35.1 Å². The lowest BCUT2D eigenvalue weighted by molar-refractivity contribution is -0.138. The van der Waals surface area contributed by atoms with Crippen LogP contribution in [-0.2, 0) is 16.1 Å². The van der Waals surface area contributed by atoms with Crippen LogP contribution in [0.15, 0.2) is 47.4 Å². The third-order valence-corrected chi connectivity index (χ3v) is 6.17. The van der Waals surface area contributed by atoms with Crippen LogP contribution in [0.1, 0.15) is 31.4 Å². The number of nitrogens with zero attached hydrogens (tertiary/aromatic N) is 1. The molecule has 156 valence electrons. The normalized spacial score (nSPS) is 11.8. The Morgan fingerprint density at radius 1 is 1.10 bits per heavy atom. The Hall–Kier alpha value is -1.69. The lowest BCUT2D eigenvalue weighted by Gasteiger charge is -2.29. The topological polar surface area (TPSA) is 49.4 Å². The van der Waals surface area contributed by atoms with Gasteiger partial charge in [-0.1, -0.05) is 53.9 Å². The zero-order valence-electron chi connectivity index (χ0n) is 16.9. The summed E-state index contributed by atoms with van der Waals surface area (Å²) < 4.78 is 0. The maximum Gasteiger partial charge on any atom is 0.242 e. The largest absolute Gasteiger partial charge is 0.354 e. The second kappa shape index (κ2) is 11.5. The minimum absolute atomic E-state index is 0.110. The van der Waals surface area contributed by atoms with Crippen molar-refractivity contribution in [3.63, 3.8) is 0 Å². The highest BCUT2D eigenvalue weighted by molar-refractivity contribution is 8.00. The number of nitrogens with one attached hydrogen (secondary N) is 1. The minimum atomic E-state index is -0.595. The summed E-state index contributed by atoms with van der Waals surface area (Å²) in [5, 5.41) is 3.75. The lowest BCUT2D eigenvalue weighted by Crippen LogP contribution is -2.48. The van der Waals surface area contributed by atoms with Crippen molar-refractivity contribution in [2.75, 3.05) is 12.3 Å². The van der Waals surface area contributed by atoms with Crippen molar-refractivity contribution in [2.45, 2.75) is 44.7 Å². The minimum Gasteiger partial charge on any atom is -0.354 e. The van der Waals surface area contributed by atoms with E-state index in [1.165, 1.54) is 17.3 Å². The van der Waals surface area contributed by atoms with E-state index in [0.717, 1.165) is 16.9 Å². The number of rotatable bonds is 9. The van der Waals surface area contributed by atoms with Gasteiger partial charge in [-0.15, -0.1) is 11.8 Å². The summed E-state index contributed by atoms with van der Waals surface area (Å²) in [5.74, 6) is -0.0307. The molecule has 0 saturated carbocycles. The number of amides is 2. The fourth-order valence-corrected chi connectivity index (χ4v) is 3.78. The molecule has 0 aliphatic carbocycles. The maximum absolute atomic E-state index is 13.0. The molecule has 0 radical (unpaired) electrons. The maximum atomic E-state index is 13.0. The van der Waals surface area contributed by atoms with E-state index in [-0.39, 0.29) is 24.1 Å². The van der Waals surface area contributed by atoms with Crippen LogP contribution in [0.5, 0.6) is 0 Å². The summed E-state index contributed by atoms with van der Waals surface area (Å²) in [6.07, 6.45) is 0.836. The van der Waals surface area contributed by atoms with E-state index in [4.69, 9.17) is 23.2 Å². The highest BCUT2D eigenvalue weighted by atomic mass is 35.5. The summed E-state index contributed by atoms with van der Waals surface area (Å²) in [5.41, 5.74) is 1.99. The Bertz CT molecular complexity index is 843. The molecule has 0 aromatic heterocycles. The first-order valence-corrected chi connectivity index (χ1v) is 11.3. The average Bonchev–Trinajstić information content (AvgIpc) is 2.71. The molecule has 0 bridgehead atoms. The number of thioether (sulfide) groups is 1. The van der Waals surface area contributed by atoms with Crippen LogP contribution in [0, 0.1) is 6.92 Å². The Labute approximate surface area is 187 Å². The molecule has 2 rings (SSSR count). The van der Waals surface area contributed by atoms with Crippen molar-refractivity contribution in [3.05, 3.63) is 63.6 Å². The van der Waals surface area contributed by atoms with Gasteiger partial charge in [0.2, 0.25) is 11.8 Å². The summed E-state index contributed by atoms with van der Waals surface area (Å²) >= 11 is 13.6. The van der Waals surface area contributed by atoms with Crippen LogP contribution in [0.25, 0.3) is 0 Å². The summed E-state index contributed by atoms with van der Waals surface area (Å²) in [6.45, 7) is 6.62. The van der Waals surface area contributed by atoms with E-state index in [1.54, 1.807) is 24.0 Å². The van der Waals surface area contributed by atoms with Gasteiger partial charge < -0.3 is 10.2 Å². The summed E-state index contributed by atoms with van der Waals surface area (Å²) in [4.78, 5) is 28.1. The SMILES string of the molecule is CCCNC(=O)[C@@H](C)N(Cc1ccc(Cl)c(Cl)c1)C(=O)CSc1ccc(C)cc1. The van der Waals surface area contributed by atoms with E-state index in [9.17, 15) is 9.59 Å². The number of carbonyl (C=O) groups excluding carboxylic acids is 2. The molecule has 2 aromatic rings. The standard InChI is InChI=1S/C22H26Cl2N2O2S/c1-4-11-25-22(28)16(3)26(13-17-7-10-19(23)20(24)12-17)21(27)14-29-18-8-5-15(2)6-9-18/h5-10,12,16H,4,11,13-14H2,1-3H3,(H,25,28)/t16-/m1/s1. The van der Waals surface area contributed by atoms with Crippen molar-refractivity contribution < 1.29 is 9.59 Å². The van der Waals surface area contributed by atoms with E-state index in [1.807, 2.05) is 44.2 Å². The van der Waals surface area contributed by atoms with Gasteiger partial charge in [-0.2, -0.15) is 0 Å². The van der Waals surface area contributed by atoms with E-state index in [2.05, 4.69) is 5.32 Å². The Balaban J connectivity index is 2.15. The van der Waals surface area contributed by atoms with Gasteiger partial charge in [0.1, 0.15) is 6.04 Å². The number of benzene rings is 2. The third-order valence-electron chi connectivity index (χ3n) is 4.44. The number of carbonyl (C=O) groups is 2. The molecule has 2 amide bonds. The van der Waals surface area contributed by atoms with Gasteiger partial charge >= 0.3 is 0 Å². The zero-order valence-corrected chi connectivity index (χ0v) is 19.2. The van der Waals surface area contributed by atoms with Gasteiger partial charge in [-0.05, 0) is 50.1 Å². The van der Waals surface area contributed by atoms with Crippen LogP contribution < -0.4 is 5.32 Å². The van der Waals surface area contributed by atoms with Gasteiger partial charge in [-0.25, -0.2) is 0 Å². The van der Waals surface area contributed by atoms with Crippen molar-refractivity contribution in [1.82, 2.24) is 10.2 Å². The zero-order chi connectivity index (χ0) is 21.4. The molecule has 0 unspecified atom stereocenters. The van der Waals surface area contributed by atoms with E-state index < -0.39 is 6.04 Å². The van der Waals surface area contributed by atoms with Crippen LogP contribution in [0.4, 0.5) is 0 Å². The first-order chi connectivity index (χ1) is 13.8. The summed E-state index contributed by atoms with van der Waals surface area (Å²) in [6, 6.07) is 12.7. The molecule has 0 saturated heterocycles. The molecule has 29 heavy (non-hydrogen) atoms. The molecule has 1 atom stereocenters. The Morgan fingerprint density at radius 3 is 2.41 bits per heavy atom. The fraction of sp³-hybridized carbons (Fsp3) is 0.364. The predicted molar refractivity (Wildman–Crippen MR) is 122 cm³/mol. The van der Waals surface area contributed by atoms with Crippen molar-refractivity contribution in [1.29, 1.82) is 0 Å². The van der Waals surface area contributed by atoms with Gasteiger partial charge in [0.05, 0.1) is 15.8 Å². The van der Waals surface area contributed by atoms with Crippen molar-refractivity contribution in [2.24, 2.45) is 0 Å². The van der Waals surface area contributed by atoms with Gasteiger partial charge in [0.25, 0.3) is 0 Å². The second-order valence-electron chi connectivity index (χ2n) is 6.84. The number of aryl methyl sites for hydroxylation is 1. The van der Waals surface area contributed by atoms with Crippen molar-refractivity contribution >= 4 is 46.8 Å². The van der Waals surface area contributed by atoms with E-state index >= 15 is 0 Å². The molecule has 0 heterocycles. The quantitative estimate of drug-likeness (QED) is 0.522. The highest BCUT2D eigenvalue weighted by Crippen LogP contribution is 2.25. The fourth-order valence-electron chi connectivity index (χ4n) is 2.68. The van der Waals surface area contributed by atoms with E-state index in [0.29, 0.717) is 16.6 Å².